The van der Waals surface area contributed by atoms with Crippen LogP contribution in [0.1, 0.15) is 27.7 Å². The molecule has 0 aliphatic carbocycles. The Balaban J connectivity index is 1.78. The Labute approximate surface area is 195 Å². The van der Waals surface area contributed by atoms with Gasteiger partial charge in [-0.3, -0.25) is 4.79 Å². The minimum Gasteiger partial charge on any atom is -0.490 e. The first-order valence-electron chi connectivity index (χ1n) is 10.6. The van der Waals surface area contributed by atoms with E-state index in [0.29, 0.717) is 42.6 Å². The first-order valence-corrected chi connectivity index (χ1v) is 11.5. The minimum atomic E-state index is -0.601. The largest absolute Gasteiger partial charge is 0.490 e. The van der Waals surface area contributed by atoms with Crippen LogP contribution in [-0.4, -0.2) is 41.2 Å². The molecule has 8 nitrogen and oxygen atoms in total. The Morgan fingerprint density at radius 2 is 1.70 bits per heavy atom. The van der Waals surface area contributed by atoms with Crippen LogP contribution in [0.2, 0.25) is 0 Å². The average molecular weight is 476 g/mol. The second kappa shape index (κ2) is 11.6. The maximum atomic E-state index is 13.8. The van der Waals surface area contributed by atoms with Crippen LogP contribution in [0.25, 0.3) is 11.5 Å². The predicted octanol–water partition coefficient (Wildman–Crippen LogP) is 5.19. The highest BCUT2D eigenvalue weighted by Crippen LogP contribution is 2.42. The number of para-hydroxylation sites is 1. The number of amides is 1. The molecule has 0 aliphatic rings. The molecule has 0 spiro atoms. The quantitative estimate of drug-likeness (QED) is 0.379. The van der Waals surface area contributed by atoms with Gasteiger partial charge in [0.25, 0.3) is 5.22 Å². The molecule has 0 saturated carbocycles. The number of carbonyl (C=O) groups is 1. The van der Waals surface area contributed by atoms with Crippen molar-refractivity contribution in [3.63, 3.8) is 0 Å². The lowest BCUT2D eigenvalue weighted by Crippen LogP contribution is -2.22. The average Bonchev–Trinajstić information content (AvgIpc) is 3.26. The third kappa shape index (κ3) is 6.16. The third-order valence-electron chi connectivity index (χ3n) is 4.34. The second-order valence-corrected chi connectivity index (χ2v) is 8.00. The third-order valence-corrected chi connectivity index (χ3v) is 5.28. The zero-order chi connectivity index (χ0) is 23.8. The molecule has 0 bridgehead atoms. The second-order valence-electron chi connectivity index (χ2n) is 6.70. The number of nitrogens with zero attached hydrogens (tertiary/aromatic N) is 2. The van der Waals surface area contributed by atoms with E-state index in [0.717, 1.165) is 11.8 Å². The van der Waals surface area contributed by atoms with Gasteiger partial charge in [0.1, 0.15) is 5.82 Å². The van der Waals surface area contributed by atoms with Crippen LogP contribution in [0.3, 0.4) is 0 Å². The number of ether oxygens (including phenoxy) is 3. The summed E-state index contributed by atoms with van der Waals surface area (Å²) in [4.78, 5) is 12.4. The van der Waals surface area contributed by atoms with Gasteiger partial charge in [0.2, 0.25) is 17.5 Å². The number of halogens is 1. The maximum absolute atomic E-state index is 13.8. The highest BCUT2D eigenvalue weighted by molar-refractivity contribution is 8.00. The van der Waals surface area contributed by atoms with Gasteiger partial charge < -0.3 is 23.9 Å². The summed E-state index contributed by atoms with van der Waals surface area (Å²) in [5, 5.41) is 10.3. The fourth-order valence-corrected chi connectivity index (χ4v) is 3.57. The van der Waals surface area contributed by atoms with E-state index in [1.807, 2.05) is 20.8 Å². The van der Waals surface area contributed by atoms with Crippen molar-refractivity contribution in [2.24, 2.45) is 0 Å². The van der Waals surface area contributed by atoms with Gasteiger partial charge in [-0.1, -0.05) is 23.9 Å². The number of aromatic nitrogens is 2. The van der Waals surface area contributed by atoms with Crippen molar-refractivity contribution >= 4 is 23.4 Å². The Morgan fingerprint density at radius 3 is 2.30 bits per heavy atom. The lowest BCUT2D eigenvalue weighted by atomic mass is 10.2. The summed E-state index contributed by atoms with van der Waals surface area (Å²) >= 11 is 1.07. The standard InChI is InChI=1S/C23H26FN3O5S/c1-5-29-18-12-15(13-19(30-6-2)20(18)31-7-3)22-26-27-23(32-22)33-14(4)21(28)25-17-11-9-8-10-16(17)24/h8-14H,5-7H2,1-4H3,(H,25,28). The summed E-state index contributed by atoms with van der Waals surface area (Å²) in [7, 11) is 0. The summed E-state index contributed by atoms with van der Waals surface area (Å²) in [5.41, 5.74) is 0.704. The molecule has 10 heteroatoms. The Hall–Kier alpha value is -3.27. The molecule has 1 N–H and O–H groups in total. The van der Waals surface area contributed by atoms with E-state index in [1.54, 1.807) is 31.2 Å². The van der Waals surface area contributed by atoms with Crippen molar-refractivity contribution < 1.29 is 27.8 Å². The summed E-state index contributed by atoms with van der Waals surface area (Å²) in [5.74, 6) is 0.870. The van der Waals surface area contributed by atoms with E-state index in [9.17, 15) is 9.18 Å². The molecule has 1 heterocycles. The number of thioether (sulfide) groups is 1. The van der Waals surface area contributed by atoms with Gasteiger partial charge in [-0.25, -0.2) is 4.39 Å². The van der Waals surface area contributed by atoms with Gasteiger partial charge in [-0.05, 0) is 52.0 Å². The topological polar surface area (TPSA) is 95.7 Å². The summed E-state index contributed by atoms with van der Waals surface area (Å²) in [6.07, 6.45) is 0. The number of anilines is 1. The van der Waals surface area contributed by atoms with E-state index in [-0.39, 0.29) is 22.7 Å². The zero-order valence-corrected chi connectivity index (χ0v) is 19.7. The normalized spacial score (nSPS) is 11.7. The van der Waals surface area contributed by atoms with Gasteiger partial charge in [0, 0.05) is 5.56 Å². The van der Waals surface area contributed by atoms with Crippen molar-refractivity contribution in [3.8, 4) is 28.7 Å². The molecular weight excluding hydrogens is 449 g/mol. The molecular formula is C23H26FN3O5S. The van der Waals surface area contributed by atoms with E-state index in [4.69, 9.17) is 18.6 Å². The first-order chi connectivity index (χ1) is 16.0. The summed E-state index contributed by atoms with van der Waals surface area (Å²) in [6, 6.07) is 9.46. The first kappa shape index (κ1) is 24.4. The number of carbonyl (C=O) groups excluding carboxylic acids is 1. The highest BCUT2D eigenvalue weighted by atomic mass is 32.2. The zero-order valence-electron chi connectivity index (χ0n) is 18.9. The fraction of sp³-hybridized carbons (Fsp3) is 0.348. The molecule has 1 unspecified atom stereocenters. The van der Waals surface area contributed by atoms with Crippen molar-refractivity contribution in [2.75, 3.05) is 25.1 Å². The fourth-order valence-electron chi connectivity index (χ4n) is 2.89. The molecule has 176 valence electrons. The maximum Gasteiger partial charge on any atom is 0.277 e. The highest BCUT2D eigenvalue weighted by Gasteiger charge is 2.22. The van der Waals surface area contributed by atoms with E-state index in [1.165, 1.54) is 12.1 Å². The Morgan fingerprint density at radius 1 is 1.06 bits per heavy atom. The molecule has 2 aromatic carbocycles. The van der Waals surface area contributed by atoms with Crippen LogP contribution in [0.4, 0.5) is 10.1 Å². The lowest BCUT2D eigenvalue weighted by Gasteiger charge is -2.16. The molecule has 1 aromatic heterocycles. The number of nitrogens with one attached hydrogen (secondary N) is 1. The summed E-state index contributed by atoms with van der Waals surface area (Å²) in [6.45, 7) is 8.62. The molecule has 3 aromatic rings. The smallest absolute Gasteiger partial charge is 0.277 e. The lowest BCUT2D eigenvalue weighted by molar-refractivity contribution is -0.115. The molecule has 0 fully saturated rings. The number of benzene rings is 2. The van der Waals surface area contributed by atoms with Crippen LogP contribution in [0.15, 0.2) is 46.0 Å². The van der Waals surface area contributed by atoms with Crippen molar-refractivity contribution in [2.45, 2.75) is 38.2 Å². The monoisotopic (exact) mass is 475 g/mol. The molecule has 33 heavy (non-hydrogen) atoms. The Bertz CT molecular complexity index is 1060. The van der Waals surface area contributed by atoms with Crippen LogP contribution in [-0.2, 0) is 4.79 Å². The van der Waals surface area contributed by atoms with Crippen LogP contribution in [0, 0.1) is 5.82 Å². The van der Waals surface area contributed by atoms with E-state index in [2.05, 4.69) is 15.5 Å². The SMILES string of the molecule is CCOc1cc(-c2nnc(SC(C)C(=O)Nc3ccccc3F)o2)cc(OCC)c1OCC. The molecule has 0 radical (unpaired) electrons. The van der Waals surface area contributed by atoms with E-state index >= 15 is 0 Å². The van der Waals surface area contributed by atoms with E-state index < -0.39 is 11.1 Å². The Kier molecular flexibility index (Phi) is 8.53. The molecule has 0 aliphatic heterocycles. The van der Waals surface area contributed by atoms with Crippen molar-refractivity contribution in [1.82, 2.24) is 10.2 Å². The molecule has 0 saturated heterocycles. The van der Waals surface area contributed by atoms with Gasteiger partial charge >= 0.3 is 0 Å². The van der Waals surface area contributed by atoms with Gasteiger partial charge in [-0.2, -0.15) is 0 Å². The minimum absolute atomic E-state index is 0.113. The van der Waals surface area contributed by atoms with Crippen molar-refractivity contribution in [3.05, 3.63) is 42.2 Å². The summed E-state index contributed by atoms with van der Waals surface area (Å²) < 4.78 is 36.7. The number of rotatable bonds is 11. The van der Waals surface area contributed by atoms with Gasteiger partial charge in [0.15, 0.2) is 11.5 Å². The van der Waals surface area contributed by atoms with Crippen LogP contribution >= 0.6 is 11.8 Å². The predicted molar refractivity (Wildman–Crippen MR) is 124 cm³/mol. The van der Waals surface area contributed by atoms with Crippen LogP contribution < -0.4 is 19.5 Å². The van der Waals surface area contributed by atoms with Gasteiger partial charge in [0.05, 0.1) is 30.8 Å². The van der Waals surface area contributed by atoms with Crippen LogP contribution in [0.5, 0.6) is 17.2 Å². The van der Waals surface area contributed by atoms with Gasteiger partial charge in [-0.15, -0.1) is 10.2 Å². The number of hydrogen-bond acceptors (Lipinski definition) is 8. The molecule has 1 atom stereocenters. The molecule has 1 amide bonds. The number of hydrogen-bond donors (Lipinski definition) is 1. The van der Waals surface area contributed by atoms with Crippen molar-refractivity contribution in [1.29, 1.82) is 0 Å². The molecule has 3 rings (SSSR count).